The van der Waals surface area contributed by atoms with Crippen LogP contribution in [0.5, 0.6) is 0 Å². The number of carbonyl (C=O) groups excluding carboxylic acids is 1. The van der Waals surface area contributed by atoms with Crippen molar-refractivity contribution in [1.82, 2.24) is 4.90 Å². The fourth-order valence-corrected chi connectivity index (χ4v) is 5.96. The summed E-state index contributed by atoms with van der Waals surface area (Å²) in [6.45, 7) is 3.51. The summed E-state index contributed by atoms with van der Waals surface area (Å²) in [5.74, 6) is -1.22. The number of halogens is 5. The van der Waals surface area contributed by atoms with Crippen LogP contribution >= 0.6 is 11.6 Å². The van der Waals surface area contributed by atoms with Gasteiger partial charge < -0.3 is 0 Å². The molecule has 1 aliphatic heterocycles. The van der Waals surface area contributed by atoms with Crippen molar-refractivity contribution in [2.45, 2.75) is 36.0 Å². The Morgan fingerprint density at radius 2 is 1.89 bits per heavy atom. The van der Waals surface area contributed by atoms with Gasteiger partial charge in [-0.25, -0.2) is 0 Å². The van der Waals surface area contributed by atoms with Gasteiger partial charge >= 0.3 is 183 Å². The molecule has 0 aromatic heterocycles. The molecule has 1 aliphatic rings. The first-order valence-electron chi connectivity index (χ1n) is 11.3. The third-order valence-electron chi connectivity index (χ3n) is 5.60. The second-order valence-electron chi connectivity index (χ2n) is 8.54. The summed E-state index contributed by atoms with van der Waals surface area (Å²) in [4.78, 5) is 16.6. The Labute approximate surface area is 214 Å². The van der Waals surface area contributed by atoms with Crippen molar-refractivity contribution >= 4 is 44.6 Å². The summed E-state index contributed by atoms with van der Waals surface area (Å²) in [5.41, 5.74) is 1.79. The Bertz CT molecular complexity index is 1010. The average molecular weight is 577 g/mol. The Kier molecular flexibility index (Phi) is 9.87. The molecule has 0 bridgehead atoms. The summed E-state index contributed by atoms with van der Waals surface area (Å²) < 4.78 is 52.2. The molecule has 2 aromatic rings. The van der Waals surface area contributed by atoms with E-state index in [2.05, 4.69) is 5.32 Å². The molecule has 0 aliphatic carbocycles. The maximum absolute atomic E-state index is 14.7. The maximum atomic E-state index is 14.7. The van der Waals surface area contributed by atoms with E-state index in [0.717, 1.165) is 5.56 Å². The molecule has 1 fully saturated rings. The predicted molar refractivity (Wildman–Crippen MR) is 131 cm³/mol. The first-order valence-corrected chi connectivity index (χ1v) is 14.3. The van der Waals surface area contributed by atoms with Crippen LogP contribution in [0.4, 0.5) is 28.9 Å². The van der Waals surface area contributed by atoms with E-state index in [-0.39, 0.29) is 34.0 Å². The number of aliphatic hydroxyl groups excluding tert-OH is 1. The van der Waals surface area contributed by atoms with Crippen molar-refractivity contribution < 1.29 is 27.5 Å². The first kappa shape index (κ1) is 27.8. The van der Waals surface area contributed by atoms with Gasteiger partial charge in [-0.3, -0.25) is 4.90 Å². The number of aliphatic hydroxyl groups is 1. The van der Waals surface area contributed by atoms with E-state index in [9.17, 15) is 27.5 Å². The molecule has 1 amide bonds. The van der Waals surface area contributed by atoms with Crippen LogP contribution in [0.15, 0.2) is 36.4 Å². The number of nitrogens with one attached hydrogen (secondary N) is 1. The number of rotatable bonds is 9. The number of piperazine rings is 1. The van der Waals surface area contributed by atoms with Gasteiger partial charge in [0.15, 0.2) is 0 Å². The normalized spacial score (nSPS) is 16.1. The molecular formula is C24H28AsClF4N3O2. The van der Waals surface area contributed by atoms with Gasteiger partial charge in [0.05, 0.1) is 6.42 Å². The minimum atomic E-state index is -4.19. The van der Waals surface area contributed by atoms with Crippen molar-refractivity contribution in [1.29, 1.82) is 0 Å². The molecule has 1 saturated heterocycles. The molecule has 191 valence electrons. The van der Waals surface area contributed by atoms with Crippen LogP contribution in [0, 0.1) is 5.82 Å². The summed E-state index contributed by atoms with van der Waals surface area (Å²) in [6, 6.07) is 9.47. The number of benzene rings is 2. The van der Waals surface area contributed by atoms with E-state index in [1.165, 1.54) is 12.1 Å². The van der Waals surface area contributed by atoms with Crippen molar-refractivity contribution in [3.8, 4) is 0 Å². The van der Waals surface area contributed by atoms with E-state index in [0.29, 0.717) is 53.0 Å². The minimum absolute atomic E-state index is 0.0491. The number of hydrogen-bond acceptors (Lipinski definition) is 4. The van der Waals surface area contributed by atoms with Crippen molar-refractivity contribution in [3.63, 3.8) is 0 Å². The third-order valence-corrected chi connectivity index (χ3v) is 8.72. The molecule has 1 unspecified atom stereocenters. The van der Waals surface area contributed by atoms with Crippen LogP contribution in [0.3, 0.4) is 0 Å². The fourth-order valence-electron chi connectivity index (χ4n) is 3.78. The number of carbonyl (C=O) groups is 1. The zero-order chi connectivity index (χ0) is 25.6. The van der Waals surface area contributed by atoms with Gasteiger partial charge in [0, 0.05) is 6.54 Å². The van der Waals surface area contributed by atoms with Gasteiger partial charge in [-0.15, -0.1) is 0 Å². The number of alkyl halides is 3. The van der Waals surface area contributed by atoms with Gasteiger partial charge in [-0.05, 0) is 0 Å². The Morgan fingerprint density at radius 1 is 1.17 bits per heavy atom. The average Bonchev–Trinajstić information content (AvgIpc) is 2.78. The van der Waals surface area contributed by atoms with Gasteiger partial charge in [0.2, 0.25) is 0 Å². The van der Waals surface area contributed by atoms with Crippen LogP contribution < -0.4 is 10.2 Å². The molecular weight excluding hydrogens is 549 g/mol. The molecule has 3 rings (SSSR count). The second-order valence-corrected chi connectivity index (χ2v) is 11.3. The van der Waals surface area contributed by atoms with E-state index in [1.54, 1.807) is 36.1 Å². The van der Waals surface area contributed by atoms with Gasteiger partial charge in [0.1, 0.15) is 0 Å². The molecule has 11 heteroatoms. The number of nitrogens with zero attached hydrogens (tertiary/aromatic N) is 2. The molecule has 1 heterocycles. The van der Waals surface area contributed by atoms with Gasteiger partial charge in [-0.1, -0.05) is 0 Å². The molecule has 2 N–H and O–H groups in total. The van der Waals surface area contributed by atoms with E-state index in [1.807, 2.05) is 4.90 Å². The predicted octanol–water partition coefficient (Wildman–Crippen LogP) is 4.81. The van der Waals surface area contributed by atoms with Crippen LogP contribution in [0.2, 0.25) is 10.2 Å². The van der Waals surface area contributed by atoms with Crippen LogP contribution in [0.25, 0.3) is 0 Å². The van der Waals surface area contributed by atoms with Crippen molar-refractivity contribution in [3.05, 3.63) is 58.4 Å². The second kappa shape index (κ2) is 12.4. The van der Waals surface area contributed by atoms with Gasteiger partial charge in [-0.2, -0.15) is 13.2 Å². The summed E-state index contributed by atoms with van der Waals surface area (Å²) in [7, 11) is 0. The molecule has 1 atom stereocenters. The zero-order valence-corrected chi connectivity index (χ0v) is 21.9. The Morgan fingerprint density at radius 3 is 2.51 bits per heavy atom. The topological polar surface area (TPSA) is 55.8 Å². The van der Waals surface area contributed by atoms with E-state index in [4.69, 9.17) is 11.6 Å². The summed E-state index contributed by atoms with van der Waals surface area (Å²) >= 11 is 6.03. The standard InChI is InChI=1S/C24H28AsClF4N3O2/c1-16(34)14-25-15-17-2-4-19(20(27)12-17)23(35)31-21-5-3-18(26)13-22(21)33-10-8-32(9-11-33)7-6-24(28,29)30/h2-5,12-13,16,34H,6-11,14-15H2,1H3,(H,31,35). The van der Waals surface area contributed by atoms with E-state index >= 15 is 0 Å². The molecule has 35 heavy (non-hydrogen) atoms. The third kappa shape index (κ3) is 8.67. The summed E-state index contributed by atoms with van der Waals surface area (Å²) in [6.07, 6.45) is -5.41. The first-order chi connectivity index (χ1) is 16.5. The Hall–Kier alpha value is -1.80. The number of amides is 1. The SMILES string of the molecule is CC(O)C[As]Cc1ccc(C(=O)Nc2ccc(Cl)cc2N2CCN(CCC(F)(F)F)CC2)c(F)c1. The van der Waals surface area contributed by atoms with Crippen molar-refractivity contribution in [2.75, 3.05) is 42.9 Å². The molecule has 1 radical (unpaired) electrons. The van der Waals surface area contributed by atoms with E-state index < -0.39 is 24.3 Å². The summed E-state index contributed by atoms with van der Waals surface area (Å²) in [5, 5.41) is 14.0. The van der Waals surface area contributed by atoms with Crippen LogP contribution in [-0.2, 0) is 5.21 Å². The quantitative estimate of drug-likeness (QED) is 0.332. The fraction of sp³-hybridized carbons (Fsp3) is 0.458. The van der Waals surface area contributed by atoms with Crippen molar-refractivity contribution in [2.24, 2.45) is 0 Å². The molecule has 5 nitrogen and oxygen atoms in total. The van der Waals surface area contributed by atoms with Gasteiger partial charge in [0.25, 0.3) is 0 Å². The molecule has 0 saturated carbocycles. The monoisotopic (exact) mass is 576 g/mol. The molecule has 0 spiro atoms. The number of anilines is 2. The molecule has 2 aromatic carbocycles. The Balaban J connectivity index is 1.66. The van der Waals surface area contributed by atoms with Crippen LogP contribution in [0.1, 0.15) is 29.3 Å². The van der Waals surface area contributed by atoms with Crippen LogP contribution in [-0.4, -0.2) is 76.7 Å². The number of hydrogen-bond donors (Lipinski definition) is 2. The zero-order valence-electron chi connectivity index (χ0n) is 19.3.